The zero-order chi connectivity index (χ0) is 21.7. The van der Waals surface area contributed by atoms with Gasteiger partial charge in [0.15, 0.2) is 0 Å². The third-order valence-electron chi connectivity index (χ3n) is 5.82. The van der Waals surface area contributed by atoms with Crippen LogP contribution in [0.3, 0.4) is 0 Å². The Labute approximate surface area is 179 Å². The maximum absolute atomic E-state index is 13.1. The first kappa shape index (κ1) is 21.9. The second-order valence-corrected chi connectivity index (χ2v) is 8.40. The fourth-order valence-corrected chi connectivity index (χ4v) is 4.21. The van der Waals surface area contributed by atoms with Crippen molar-refractivity contribution in [3.05, 3.63) is 54.1 Å². The molecule has 0 spiro atoms. The molecule has 1 unspecified atom stereocenters. The van der Waals surface area contributed by atoms with E-state index in [2.05, 4.69) is 29.6 Å². The number of carbonyl (C=O) groups is 2. The maximum Gasteiger partial charge on any atom is 0.228 e. The molecule has 0 radical (unpaired) electrons. The summed E-state index contributed by atoms with van der Waals surface area (Å²) in [5.74, 6) is 0.987. The van der Waals surface area contributed by atoms with Crippen molar-refractivity contribution in [3.8, 4) is 16.9 Å². The summed E-state index contributed by atoms with van der Waals surface area (Å²) < 4.78 is 5.48. The summed E-state index contributed by atoms with van der Waals surface area (Å²) >= 11 is 0. The van der Waals surface area contributed by atoms with E-state index in [4.69, 9.17) is 4.74 Å². The minimum Gasteiger partial charge on any atom is -0.496 e. The number of benzene rings is 2. The lowest BCUT2D eigenvalue weighted by Gasteiger charge is -2.29. The number of nitrogens with one attached hydrogen (secondary N) is 1. The van der Waals surface area contributed by atoms with E-state index in [-0.39, 0.29) is 17.9 Å². The van der Waals surface area contributed by atoms with E-state index in [1.807, 2.05) is 49.9 Å². The molecule has 3 rings (SSSR count). The number of nitrogens with zero attached hydrogens (tertiary/aromatic N) is 1. The lowest BCUT2D eigenvalue weighted by atomic mass is 9.79. The molecule has 1 saturated heterocycles. The Morgan fingerprint density at radius 2 is 1.83 bits per heavy atom. The van der Waals surface area contributed by atoms with Crippen molar-refractivity contribution in [1.82, 2.24) is 10.2 Å². The SMILES string of the molecule is CCC(=O)N1CCC(Cc2ccc(-c3ccccc3OC)cc2)(C(=O)NC(C)C)C1. The monoisotopic (exact) mass is 408 g/mol. The summed E-state index contributed by atoms with van der Waals surface area (Å²) in [6.07, 6.45) is 1.77. The second kappa shape index (κ2) is 9.33. The Morgan fingerprint density at radius 3 is 2.47 bits per heavy atom. The summed E-state index contributed by atoms with van der Waals surface area (Å²) in [5.41, 5.74) is 2.63. The fourth-order valence-electron chi connectivity index (χ4n) is 4.21. The largest absolute Gasteiger partial charge is 0.496 e. The standard InChI is InChI=1S/C25H32N2O3/c1-5-23(28)27-15-14-25(17-27,24(29)26-18(2)3)16-19-10-12-20(13-11-19)21-8-6-7-9-22(21)30-4/h6-13,18H,5,14-17H2,1-4H3,(H,26,29). The molecule has 1 N–H and O–H groups in total. The first-order valence-corrected chi connectivity index (χ1v) is 10.7. The van der Waals surface area contributed by atoms with Gasteiger partial charge in [0.05, 0.1) is 12.5 Å². The molecule has 2 amide bonds. The van der Waals surface area contributed by atoms with E-state index in [1.54, 1.807) is 7.11 Å². The Morgan fingerprint density at radius 1 is 1.13 bits per heavy atom. The van der Waals surface area contributed by atoms with Crippen LogP contribution in [0.4, 0.5) is 0 Å². The molecule has 1 fully saturated rings. The minimum absolute atomic E-state index is 0.0395. The van der Waals surface area contributed by atoms with Gasteiger partial charge in [-0.2, -0.15) is 0 Å². The smallest absolute Gasteiger partial charge is 0.228 e. The molecule has 0 aromatic heterocycles. The van der Waals surface area contributed by atoms with Gasteiger partial charge in [-0.15, -0.1) is 0 Å². The summed E-state index contributed by atoms with van der Waals surface area (Å²) in [7, 11) is 1.67. The highest BCUT2D eigenvalue weighted by Crippen LogP contribution is 2.36. The van der Waals surface area contributed by atoms with Crippen LogP contribution in [-0.4, -0.2) is 43.0 Å². The second-order valence-electron chi connectivity index (χ2n) is 8.40. The van der Waals surface area contributed by atoms with Crippen molar-refractivity contribution in [1.29, 1.82) is 0 Å². The average molecular weight is 409 g/mol. The molecule has 1 heterocycles. The van der Waals surface area contributed by atoms with Crippen LogP contribution in [0.1, 0.15) is 39.2 Å². The van der Waals surface area contributed by atoms with Gasteiger partial charge in [-0.1, -0.05) is 49.4 Å². The van der Waals surface area contributed by atoms with E-state index in [9.17, 15) is 9.59 Å². The number of carbonyl (C=O) groups excluding carboxylic acids is 2. The topological polar surface area (TPSA) is 58.6 Å². The highest BCUT2D eigenvalue weighted by atomic mass is 16.5. The normalized spacial score (nSPS) is 18.5. The minimum atomic E-state index is -0.582. The van der Waals surface area contributed by atoms with E-state index in [0.29, 0.717) is 32.4 Å². The molecule has 0 aliphatic carbocycles. The Hall–Kier alpha value is -2.82. The van der Waals surface area contributed by atoms with Gasteiger partial charge in [0.25, 0.3) is 0 Å². The quantitative estimate of drug-likeness (QED) is 0.752. The van der Waals surface area contributed by atoms with Gasteiger partial charge in [-0.25, -0.2) is 0 Å². The van der Waals surface area contributed by atoms with Gasteiger partial charge in [0, 0.05) is 31.1 Å². The molecule has 0 bridgehead atoms. The van der Waals surface area contributed by atoms with Crippen LogP contribution in [0.2, 0.25) is 0 Å². The van der Waals surface area contributed by atoms with Gasteiger partial charge in [-0.05, 0) is 43.9 Å². The molecule has 160 valence electrons. The number of amides is 2. The third kappa shape index (κ3) is 4.66. The summed E-state index contributed by atoms with van der Waals surface area (Å²) in [4.78, 5) is 27.2. The maximum atomic E-state index is 13.1. The first-order valence-electron chi connectivity index (χ1n) is 10.7. The Balaban J connectivity index is 1.84. The zero-order valence-electron chi connectivity index (χ0n) is 18.4. The number of ether oxygens (including phenoxy) is 1. The number of likely N-dealkylation sites (tertiary alicyclic amines) is 1. The van der Waals surface area contributed by atoms with Crippen LogP contribution in [-0.2, 0) is 16.0 Å². The number of rotatable bonds is 7. The number of methoxy groups -OCH3 is 1. The summed E-state index contributed by atoms with van der Waals surface area (Å²) in [5, 5.41) is 3.08. The molecule has 2 aromatic carbocycles. The first-order chi connectivity index (χ1) is 14.4. The number of hydrogen-bond donors (Lipinski definition) is 1. The molecule has 1 atom stereocenters. The van der Waals surface area contributed by atoms with Crippen LogP contribution >= 0.6 is 0 Å². The predicted octanol–water partition coefficient (Wildman–Crippen LogP) is 4.06. The summed E-state index contributed by atoms with van der Waals surface area (Å²) in [6, 6.07) is 16.3. The molecule has 1 aliphatic heterocycles. The molecular weight excluding hydrogens is 376 g/mol. The molecule has 30 heavy (non-hydrogen) atoms. The van der Waals surface area contributed by atoms with Crippen LogP contribution in [0.5, 0.6) is 5.75 Å². The van der Waals surface area contributed by atoms with Crippen LogP contribution in [0, 0.1) is 5.41 Å². The van der Waals surface area contributed by atoms with Gasteiger partial charge in [0.2, 0.25) is 11.8 Å². The van der Waals surface area contributed by atoms with Crippen molar-refractivity contribution < 1.29 is 14.3 Å². The molecule has 5 nitrogen and oxygen atoms in total. The number of para-hydroxylation sites is 1. The van der Waals surface area contributed by atoms with Crippen LogP contribution in [0.25, 0.3) is 11.1 Å². The van der Waals surface area contributed by atoms with Crippen LogP contribution < -0.4 is 10.1 Å². The van der Waals surface area contributed by atoms with Crippen molar-refractivity contribution >= 4 is 11.8 Å². The van der Waals surface area contributed by atoms with E-state index < -0.39 is 5.41 Å². The van der Waals surface area contributed by atoms with Gasteiger partial charge in [-0.3, -0.25) is 9.59 Å². The Bertz CT molecular complexity index is 892. The highest BCUT2D eigenvalue weighted by molar-refractivity contribution is 5.86. The Kier molecular flexibility index (Phi) is 6.80. The van der Waals surface area contributed by atoms with Crippen molar-refractivity contribution in [3.63, 3.8) is 0 Å². The van der Waals surface area contributed by atoms with Gasteiger partial charge >= 0.3 is 0 Å². The fraction of sp³-hybridized carbons (Fsp3) is 0.440. The van der Waals surface area contributed by atoms with E-state index >= 15 is 0 Å². The third-order valence-corrected chi connectivity index (χ3v) is 5.82. The zero-order valence-corrected chi connectivity index (χ0v) is 18.4. The van der Waals surface area contributed by atoms with E-state index in [1.165, 1.54) is 0 Å². The van der Waals surface area contributed by atoms with E-state index in [0.717, 1.165) is 22.4 Å². The van der Waals surface area contributed by atoms with Gasteiger partial charge in [0.1, 0.15) is 5.75 Å². The van der Waals surface area contributed by atoms with Crippen molar-refractivity contribution in [2.45, 2.75) is 46.1 Å². The lowest BCUT2D eigenvalue weighted by molar-refractivity contribution is -0.133. The molecular formula is C25H32N2O3. The predicted molar refractivity (Wildman–Crippen MR) is 119 cm³/mol. The highest BCUT2D eigenvalue weighted by Gasteiger charge is 2.45. The van der Waals surface area contributed by atoms with Crippen molar-refractivity contribution in [2.75, 3.05) is 20.2 Å². The molecule has 0 saturated carbocycles. The van der Waals surface area contributed by atoms with Crippen LogP contribution in [0.15, 0.2) is 48.5 Å². The lowest BCUT2D eigenvalue weighted by Crippen LogP contribution is -2.47. The number of hydrogen-bond acceptors (Lipinski definition) is 3. The summed E-state index contributed by atoms with van der Waals surface area (Å²) in [6.45, 7) is 6.92. The molecule has 1 aliphatic rings. The average Bonchev–Trinajstić information content (AvgIpc) is 3.18. The molecule has 5 heteroatoms. The van der Waals surface area contributed by atoms with Gasteiger partial charge < -0.3 is 15.0 Å². The van der Waals surface area contributed by atoms with Crippen molar-refractivity contribution in [2.24, 2.45) is 5.41 Å². The molecule has 2 aromatic rings.